The van der Waals surface area contributed by atoms with E-state index in [4.69, 9.17) is 4.74 Å². The lowest BCUT2D eigenvalue weighted by molar-refractivity contribution is -0.139. The fourth-order valence-corrected chi connectivity index (χ4v) is 2.90. The molecule has 1 saturated heterocycles. The number of hydrogen-bond donors (Lipinski definition) is 2. The number of carboxylic acids is 1. The maximum atomic E-state index is 12.5. The number of aliphatic carboxylic acids is 1. The van der Waals surface area contributed by atoms with Crippen LogP contribution in [0.3, 0.4) is 0 Å². The van der Waals surface area contributed by atoms with Gasteiger partial charge in [-0.2, -0.15) is 0 Å². The van der Waals surface area contributed by atoms with Gasteiger partial charge in [-0.1, -0.05) is 12.1 Å². The van der Waals surface area contributed by atoms with Gasteiger partial charge in [-0.05, 0) is 24.6 Å². The van der Waals surface area contributed by atoms with Crippen LogP contribution in [0.15, 0.2) is 24.3 Å². The number of hydrogen-bond acceptors (Lipinski definition) is 4. The van der Waals surface area contributed by atoms with Gasteiger partial charge < -0.3 is 20.1 Å². The zero-order valence-electron chi connectivity index (χ0n) is 14.0. The molecule has 1 aliphatic rings. The predicted molar refractivity (Wildman–Crippen MR) is 86.5 cm³/mol. The molecule has 1 aromatic carbocycles. The third-order valence-corrected chi connectivity index (χ3v) is 4.32. The number of amides is 2. The summed E-state index contributed by atoms with van der Waals surface area (Å²) >= 11 is 0. The summed E-state index contributed by atoms with van der Waals surface area (Å²) in [6.45, 7) is 2.00. The van der Waals surface area contributed by atoms with Gasteiger partial charge in [-0.3, -0.25) is 14.4 Å². The van der Waals surface area contributed by atoms with Gasteiger partial charge >= 0.3 is 5.97 Å². The molecule has 7 nitrogen and oxygen atoms in total. The lowest BCUT2D eigenvalue weighted by Gasteiger charge is -2.31. The van der Waals surface area contributed by atoms with E-state index in [0.717, 1.165) is 0 Å². The molecule has 130 valence electrons. The second kappa shape index (κ2) is 6.90. The highest BCUT2D eigenvalue weighted by atomic mass is 16.5. The minimum atomic E-state index is -1.10. The summed E-state index contributed by atoms with van der Waals surface area (Å²) in [4.78, 5) is 37.0. The van der Waals surface area contributed by atoms with E-state index in [0.29, 0.717) is 17.9 Å². The Balaban J connectivity index is 2.25. The van der Waals surface area contributed by atoms with E-state index in [1.807, 2.05) is 0 Å². The lowest BCUT2D eigenvalue weighted by Crippen LogP contribution is -2.47. The van der Waals surface area contributed by atoms with Crippen LogP contribution in [0, 0.1) is 5.92 Å². The van der Waals surface area contributed by atoms with Crippen molar-refractivity contribution < 1.29 is 24.2 Å². The Morgan fingerprint density at radius 3 is 2.71 bits per heavy atom. The molecule has 1 aromatic rings. The first-order chi connectivity index (χ1) is 11.2. The van der Waals surface area contributed by atoms with E-state index in [-0.39, 0.29) is 24.7 Å². The number of carbonyl (C=O) groups excluding carboxylic acids is 2. The predicted octanol–water partition coefficient (Wildman–Crippen LogP) is 0.980. The highest BCUT2D eigenvalue weighted by Gasteiger charge is 2.37. The average molecular weight is 334 g/mol. The van der Waals surface area contributed by atoms with Gasteiger partial charge in [0, 0.05) is 20.0 Å². The summed E-state index contributed by atoms with van der Waals surface area (Å²) < 4.78 is 5.18. The molecule has 0 bridgehead atoms. The third-order valence-electron chi connectivity index (χ3n) is 4.32. The van der Waals surface area contributed by atoms with Crippen molar-refractivity contribution in [3.05, 3.63) is 29.8 Å². The third kappa shape index (κ3) is 3.84. The number of ether oxygens (including phenoxy) is 1. The van der Waals surface area contributed by atoms with Crippen LogP contribution in [-0.2, 0) is 19.9 Å². The van der Waals surface area contributed by atoms with E-state index in [1.165, 1.54) is 12.0 Å². The smallest absolute Gasteiger partial charge is 0.306 e. The number of benzene rings is 1. The molecule has 0 radical (unpaired) electrons. The standard InChI is InChI=1S/C17H22N2O5/c1-17(9-15(21)22,12-5-4-6-13(8-12)24-3)18-16(23)11-7-14(20)19(2)10-11/h4-6,8,11H,7,9-10H2,1-3H3,(H,18,23)(H,21,22). The van der Waals surface area contributed by atoms with Crippen molar-refractivity contribution in [2.45, 2.75) is 25.3 Å². The molecule has 0 aliphatic carbocycles. The number of likely N-dealkylation sites (tertiary alicyclic amines) is 1. The Morgan fingerprint density at radius 1 is 1.46 bits per heavy atom. The Kier molecular flexibility index (Phi) is 5.11. The molecule has 2 amide bonds. The van der Waals surface area contributed by atoms with Gasteiger partial charge in [0.15, 0.2) is 0 Å². The Morgan fingerprint density at radius 2 is 2.17 bits per heavy atom. The Hall–Kier alpha value is -2.57. The van der Waals surface area contributed by atoms with Gasteiger partial charge in [0.1, 0.15) is 5.75 Å². The van der Waals surface area contributed by atoms with E-state index >= 15 is 0 Å². The van der Waals surface area contributed by atoms with Crippen LogP contribution < -0.4 is 10.1 Å². The molecule has 1 heterocycles. The van der Waals surface area contributed by atoms with Gasteiger partial charge in [-0.15, -0.1) is 0 Å². The van der Waals surface area contributed by atoms with Crippen LogP contribution in [0.4, 0.5) is 0 Å². The van der Waals surface area contributed by atoms with Crippen LogP contribution in [0.25, 0.3) is 0 Å². The lowest BCUT2D eigenvalue weighted by atomic mass is 9.87. The minimum Gasteiger partial charge on any atom is -0.497 e. The molecule has 0 aromatic heterocycles. The maximum Gasteiger partial charge on any atom is 0.306 e. The van der Waals surface area contributed by atoms with E-state index in [2.05, 4.69) is 5.32 Å². The Labute approximate surface area is 140 Å². The van der Waals surface area contributed by atoms with Crippen molar-refractivity contribution in [3.63, 3.8) is 0 Å². The molecule has 2 rings (SSSR count). The molecule has 24 heavy (non-hydrogen) atoms. The van der Waals surface area contributed by atoms with Crippen LogP contribution in [0.2, 0.25) is 0 Å². The summed E-state index contributed by atoms with van der Waals surface area (Å²) in [6.07, 6.45) is -0.133. The molecule has 0 saturated carbocycles. The fourth-order valence-electron chi connectivity index (χ4n) is 2.90. The summed E-state index contributed by atoms with van der Waals surface area (Å²) in [6, 6.07) is 6.94. The van der Waals surface area contributed by atoms with Gasteiger partial charge in [0.2, 0.25) is 11.8 Å². The van der Waals surface area contributed by atoms with Crippen LogP contribution in [0.5, 0.6) is 5.75 Å². The second-order valence-corrected chi connectivity index (χ2v) is 6.30. The van der Waals surface area contributed by atoms with Gasteiger partial charge in [0.05, 0.1) is 25.0 Å². The molecule has 1 fully saturated rings. The normalized spacial score (nSPS) is 19.7. The summed E-state index contributed by atoms with van der Waals surface area (Å²) in [5, 5.41) is 12.1. The summed E-state index contributed by atoms with van der Waals surface area (Å²) in [5.74, 6) is -1.33. The average Bonchev–Trinajstić information content (AvgIpc) is 2.86. The first-order valence-corrected chi connectivity index (χ1v) is 7.67. The number of carbonyl (C=O) groups is 3. The largest absolute Gasteiger partial charge is 0.497 e. The summed E-state index contributed by atoms with van der Waals surface area (Å²) in [5.41, 5.74) is -0.461. The molecule has 0 spiro atoms. The van der Waals surface area contributed by atoms with Crippen molar-refractivity contribution in [3.8, 4) is 5.75 Å². The van der Waals surface area contributed by atoms with Crippen molar-refractivity contribution in [2.24, 2.45) is 5.92 Å². The van der Waals surface area contributed by atoms with Crippen LogP contribution >= 0.6 is 0 Å². The molecule has 1 aliphatic heterocycles. The number of nitrogens with one attached hydrogen (secondary N) is 1. The number of carboxylic acid groups (broad SMARTS) is 1. The minimum absolute atomic E-state index is 0.0866. The molecule has 2 N–H and O–H groups in total. The zero-order valence-corrected chi connectivity index (χ0v) is 14.0. The number of rotatable bonds is 6. The topological polar surface area (TPSA) is 95.9 Å². The molecular formula is C17H22N2O5. The van der Waals surface area contributed by atoms with Crippen LogP contribution in [-0.4, -0.2) is 48.5 Å². The number of methoxy groups -OCH3 is 1. The molecule has 2 unspecified atom stereocenters. The SMILES string of the molecule is COc1cccc(C(C)(CC(=O)O)NC(=O)C2CC(=O)N(C)C2)c1. The first kappa shape index (κ1) is 17.8. The first-order valence-electron chi connectivity index (χ1n) is 7.67. The fraction of sp³-hybridized carbons (Fsp3) is 0.471. The van der Waals surface area contributed by atoms with E-state index in [9.17, 15) is 19.5 Å². The summed E-state index contributed by atoms with van der Waals surface area (Å²) in [7, 11) is 3.17. The van der Waals surface area contributed by atoms with Crippen molar-refractivity contribution in [1.82, 2.24) is 10.2 Å². The molecule has 7 heteroatoms. The molecular weight excluding hydrogens is 312 g/mol. The quantitative estimate of drug-likeness (QED) is 0.808. The highest BCUT2D eigenvalue weighted by molar-refractivity contribution is 5.89. The highest BCUT2D eigenvalue weighted by Crippen LogP contribution is 2.29. The van der Waals surface area contributed by atoms with Gasteiger partial charge in [0.25, 0.3) is 0 Å². The van der Waals surface area contributed by atoms with E-state index < -0.39 is 17.4 Å². The maximum absolute atomic E-state index is 12.5. The number of nitrogens with zero attached hydrogens (tertiary/aromatic N) is 1. The van der Waals surface area contributed by atoms with E-state index in [1.54, 1.807) is 38.2 Å². The van der Waals surface area contributed by atoms with Crippen molar-refractivity contribution >= 4 is 17.8 Å². The monoisotopic (exact) mass is 334 g/mol. The zero-order chi connectivity index (χ0) is 17.9. The Bertz CT molecular complexity index is 660. The van der Waals surface area contributed by atoms with Gasteiger partial charge in [-0.25, -0.2) is 0 Å². The van der Waals surface area contributed by atoms with Crippen molar-refractivity contribution in [1.29, 1.82) is 0 Å². The second-order valence-electron chi connectivity index (χ2n) is 6.30. The van der Waals surface area contributed by atoms with Crippen molar-refractivity contribution in [2.75, 3.05) is 20.7 Å². The molecule has 2 atom stereocenters. The van der Waals surface area contributed by atoms with Crippen LogP contribution in [0.1, 0.15) is 25.3 Å².